The Bertz CT molecular complexity index is 1260. The van der Waals surface area contributed by atoms with Crippen molar-refractivity contribution in [3.05, 3.63) is 53.5 Å². The average Bonchev–Trinajstić information content (AvgIpc) is 3.19. The quantitative estimate of drug-likeness (QED) is 0.477. The molecule has 1 aliphatic rings. The lowest BCUT2D eigenvalue weighted by atomic mass is 9.85. The van der Waals surface area contributed by atoms with Gasteiger partial charge in [0.15, 0.2) is 0 Å². The number of hydrogen-bond acceptors (Lipinski definition) is 5. The molecule has 3 aromatic rings. The van der Waals surface area contributed by atoms with Gasteiger partial charge >= 0.3 is 0 Å². The summed E-state index contributed by atoms with van der Waals surface area (Å²) in [5.74, 6) is -0.559. The van der Waals surface area contributed by atoms with Crippen LogP contribution in [0, 0.1) is 11.7 Å². The molecule has 4 rings (SSSR count). The molecule has 2 heterocycles. The average molecular weight is 484 g/mol. The summed E-state index contributed by atoms with van der Waals surface area (Å²) in [7, 11) is 0. The molecule has 10 heteroatoms. The molecule has 0 radical (unpaired) electrons. The first-order chi connectivity index (χ1) is 16.9. The van der Waals surface area contributed by atoms with Gasteiger partial charge < -0.3 is 24.7 Å². The highest BCUT2D eigenvalue weighted by Crippen LogP contribution is 2.33. The predicted octanol–water partition coefficient (Wildman–Crippen LogP) is 2.87. The van der Waals surface area contributed by atoms with Crippen LogP contribution in [-0.2, 0) is 4.79 Å². The van der Waals surface area contributed by atoms with Crippen molar-refractivity contribution >= 4 is 22.8 Å². The summed E-state index contributed by atoms with van der Waals surface area (Å²) in [6, 6.07) is 7.08. The van der Waals surface area contributed by atoms with Gasteiger partial charge in [0.05, 0.1) is 23.8 Å². The van der Waals surface area contributed by atoms with Crippen LogP contribution in [0.3, 0.4) is 0 Å². The number of carbonyl (C=O) groups excluding carboxylic acids is 2. The molecular formula is C25H30FN5O4. The predicted molar refractivity (Wildman–Crippen MR) is 127 cm³/mol. The maximum atomic E-state index is 13.3. The maximum absolute atomic E-state index is 13.3. The number of benzene rings is 1. The van der Waals surface area contributed by atoms with Crippen molar-refractivity contribution in [1.82, 2.24) is 19.9 Å². The van der Waals surface area contributed by atoms with Crippen LogP contribution in [0.25, 0.3) is 11.0 Å². The zero-order valence-electron chi connectivity index (χ0n) is 19.8. The molecule has 3 N–H and O–H groups in total. The molecule has 0 unspecified atom stereocenters. The van der Waals surface area contributed by atoms with E-state index in [9.17, 15) is 14.0 Å². The van der Waals surface area contributed by atoms with Gasteiger partial charge in [-0.1, -0.05) is 0 Å². The van der Waals surface area contributed by atoms with Gasteiger partial charge in [-0.05, 0) is 63.8 Å². The van der Waals surface area contributed by atoms with Crippen molar-refractivity contribution in [3.63, 3.8) is 0 Å². The van der Waals surface area contributed by atoms with Crippen molar-refractivity contribution in [2.45, 2.75) is 51.6 Å². The Kier molecular flexibility index (Phi) is 7.60. The second kappa shape index (κ2) is 10.8. The van der Waals surface area contributed by atoms with E-state index in [0.29, 0.717) is 29.9 Å². The van der Waals surface area contributed by atoms with Crippen molar-refractivity contribution in [2.75, 3.05) is 13.2 Å². The molecule has 1 saturated carbocycles. The highest BCUT2D eigenvalue weighted by Gasteiger charge is 2.29. The number of rotatable bonds is 7. The van der Waals surface area contributed by atoms with Crippen LogP contribution in [0.1, 0.15) is 55.9 Å². The van der Waals surface area contributed by atoms with E-state index in [0.717, 1.165) is 18.4 Å². The number of pyridine rings is 1. The SMILES string of the molecule is CC(C)NC(=O)C1CCC(n2/c(=N/C(=O)c3ccc(F)cc3)[nH]c3cnc(OCCO)cc32)CC1. The lowest BCUT2D eigenvalue weighted by Gasteiger charge is -2.29. The minimum absolute atomic E-state index is 0.000269. The van der Waals surface area contributed by atoms with Crippen LogP contribution in [0.15, 0.2) is 41.5 Å². The molecule has 2 amide bonds. The number of hydrogen-bond donors (Lipinski definition) is 3. The van der Waals surface area contributed by atoms with E-state index in [1.807, 2.05) is 18.4 Å². The second-order valence-electron chi connectivity index (χ2n) is 9.02. The summed E-state index contributed by atoms with van der Waals surface area (Å²) >= 11 is 0. The van der Waals surface area contributed by atoms with Crippen molar-refractivity contribution < 1.29 is 23.8 Å². The molecule has 2 aromatic heterocycles. The van der Waals surface area contributed by atoms with Crippen molar-refractivity contribution in [3.8, 4) is 5.88 Å². The Morgan fingerprint density at radius 2 is 1.97 bits per heavy atom. The van der Waals surface area contributed by atoms with Gasteiger partial charge in [-0.15, -0.1) is 0 Å². The van der Waals surface area contributed by atoms with Gasteiger partial charge in [0.1, 0.15) is 12.4 Å². The smallest absolute Gasteiger partial charge is 0.280 e. The van der Waals surface area contributed by atoms with E-state index in [1.165, 1.54) is 24.3 Å². The molecule has 0 saturated heterocycles. The number of H-pyrrole nitrogens is 1. The van der Waals surface area contributed by atoms with E-state index in [4.69, 9.17) is 9.84 Å². The molecule has 9 nitrogen and oxygen atoms in total. The van der Waals surface area contributed by atoms with Gasteiger partial charge in [-0.25, -0.2) is 9.37 Å². The number of aromatic amines is 1. The first-order valence-electron chi connectivity index (χ1n) is 11.8. The fraction of sp³-hybridized carbons (Fsp3) is 0.440. The maximum Gasteiger partial charge on any atom is 0.280 e. The number of amides is 2. The Morgan fingerprint density at radius 3 is 2.63 bits per heavy atom. The third-order valence-electron chi connectivity index (χ3n) is 6.09. The summed E-state index contributed by atoms with van der Waals surface area (Å²) < 4.78 is 20.7. The third-order valence-corrected chi connectivity index (χ3v) is 6.09. The number of imidazole rings is 1. The molecule has 1 aromatic carbocycles. The van der Waals surface area contributed by atoms with Gasteiger partial charge in [0, 0.05) is 29.6 Å². The summed E-state index contributed by atoms with van der Waals surface area (Å²) in [6.07, 6.45) is 4.49. The fourth-order valence-electron chi connectivity index (χ4n) is 4.45. The molecule has 0 aliphatic heterocycles. The minimum Gasteiger partial charge on any atom is -0.475 e. The lowest BCUT2D eigenvalue weighted by Crippen LogP contribution is -2.38. The normalized spacial score (nSPS) is 18.7. The Hall–Kier alpha value is -3.53. The van der Waals surface area contributed by atoms with E-state index >= 15 is 0 Å². The van der Waals surface area contributed by atoms with Crippen LogP contribution >= 0.6 is 0 Å². The molecule has 35 heavy (non-hydrogen) atoms. The standard InChI is InChI=1S/C25H30FN5O4/c1-15(2)28-23(33)17-5-9-19(10-6-17)31-21-13-22(35-12-11-32)27-14-20(21)29-25(31)30-24(34)16-3-7-18(26)8-4-16/h3-4,7-8,13-15,17,19,32H,5-6,9-12H2,1-2H3,(H,28,33)(H,29,30,34). The van der Waals surface area contributed by atoms with Crippen molar-refractivity contribution in [2.24, 2.45) is 10.9 Å². The number of aromatic nitrogens is 3. The molecule has 1 fully saturated rings. The van der Waals surface area contributed by atoms with Gasteiger partial charge in [0.2, 0.25) is 17.4 Å². The Labute approximate surface area is 202 Å². The number of nitrogens with one attached hydrogen (secondary N) is 2. The van der Waals surface area contributed by atoms with E-state index in [2.05, 4.69) is 20.3 Å². The molecule has 0 bridgehead atoms. The Balaban J connectivity index is 1.69. The van der Waals surface area contributed by atoms with Crippen molar-refractivity contribution in [1.29, 1.82) is 0 Å². The minimum atomic E-state index is -0.500. The zero-order chi connectivity index (χ0) is 24.9. The lowest BCUT2D eigenvalue weighted by molar-refractivity contribution is -0.126. The number of nitrogens with zero attached hydrogens (tertiary/aromatic N) is 3. The van der Waals surface area contributed by atoms with Gasteiger partial charge in [-0.3, -0.25) is 9.59 Å². The van der Waals surface area contributed by atoms with Gasteiger partial charge in [0.25, 0.3) is 5.91 Å². The summed E-state index contributed by atoms with van der Waals surface area (Å²) in [4.78, 5) is 37.1. The first kappa shape index (κ1) is 24.6. The number of fused-ring (bicyclic) bond motifs is 1. The molecule has 186 valence electrons. The van der Waals surface area contributed by atoms with Crippen LogP contribution in [0.2, 0.25) is 0 Å². The first-order valence-corrected chi connectivity index (χ1v) is 11.8. The van der Waals surface area contributed by atoms with E-state index in [-0.39, 0.29) is 42.7 Å². The van der Waals surface area contributed by atoms with Gasteiger partial charge in [-0.2, -0.15) is 4.99 Å². The van der Waals surface area contributed by atoms with Crippen LogP contribution in [0.4, 0.5) is 4.39 Å². The number of ether oxygens (including phenoxy) is 1. The monoisotopic (exact) mass is 483 g/mol. The van der Waals surface area contributed by atoms with Crippen LogP contribution in [0.5, 0.6) is 5.88 Å². The molecular weight excluding hydrogens is 453 g/mol. The second-order valence-corrected chi connectivity index (χ2v) is 9.02. The van der Waals surface area contributed by atoms with E-state index < -0.39 is 11.7 Å². The largest absolute Gasteiger partial charge is 0.475 e. The summed E-state index contributed by atoms with van der Waals surface area (Å²) in [6.45, 7) is 3.87. The van der Waals surface area contributed by atoms with Crippen LogP contribution in [-0.4, -0.2) is 50.7 Å². The van der Waals surface area contributed by atoms with Crippen LogP contribution < -0.4 is 15.7 Å². The number of carbonyl (C=O) groups is 2. The number of aliphatic hydroxyl groups excluding tert-OH is 1. The topological polar surface area (TPSA) is 122 Å². The van der Waals surface area contributed by atoms with E-state index in [1.54, 1.807) is 12.3 Å². The highest BCUT2D eigenvalue weighted by atomic mass is 19.1. The molecule has 0 spiro atoms. The third kappa shape index (κ3) is 5.76. The highest BCUT2D eigenvalue weighted by molar-refractivity contribution is 5.94. The summed E-state index contributed by atoms with van der Waals surface area (Å²) in [5, 5.41) is 12.1. The molecule has 1 aliphatic carbocycles. The number of aliphatic hydroxyl groups is 1. The molecule has 0 atom stereocenters. The zero-order valence-corrected chi connectivity index (χ0v) is 19.8. The fourth-order valence-corrected chi connectivity index (χ4v) is 4.45. The Morgan fingerprint density at radius 1 is 1.26 bits per heavy atom. The summed E-state index contributed by atoms with van der Waals surface area (Å²) in [5.41, 5.74) is 2.06. The number of halogens is 1.